The molecule has 2 heterocycles. The zero-order valence-electron chi connectivity index (χ0n) is 12.7. The molecule has 2 unspecified atom stereocenters. The monoisotopic (exact) mass is 274 g/mol. The summed E-state index contributed by atoms with van der Waals surface area (Å²) in [5.41, 5.74) is 1.17. The SMILES string of the molecule is CC(C)CNCc1cnc(N2CC3CCCC3C2)nc1. The predicted molar refractivity (Wildman–Crippen MR) is 81.6 cm³/mol. The summed E-state index contributed by atoms with van der Waals surface area (Å²) in [6.45, 7) is 8.67. The molecular weight excluding hydrogens is 248 g/mol. The van der Waals surface area contributed by atoms with Gasteiger partial charge in [0.15, 0.2) is 0 Å². The largest absolute Gasteiger partial charge is 0.340 e. The van der Waals surface area contributed by atoms with Crippen molar-refractivity contribution in [3.63, 3.8) is 0 Å². The van der Waals surface area contributed by atoms with Gasteiger partial charge in [0.2, 0.25) is 5.95 Å². The highest BCUT2D eigenvalue weighted by Crippen LogP contribution is 2.38. The lowest BCUT2D eigenvalue weighted by Crippen LogP contribution is -2.23. The van der Waals surface area contributed by atoms with Crippen molar-refractivity contribution in [3.8, 4) is 0 Å². The Morgan fingerprint density at radius 2 is 1.85 bits per heavy atom. The maximum absolute atomic E-state index is 4.56. The highest BCUT2D eigenvalue weighted by Gasteiger charge is 2.36. The lowest BCUT2D eigenvalue weighted by molar-refractivity contribution is 0.494. The van der Waals surface area contributed by atoms with Crippen molar-refractivity contribution in [3.05, 3.63) is 18.0 Å². The van der Waals surface area contributed by atoms with Crippen LogP contribution in [0.25, 0.3) is 0 Å². The van der Waals surface area contributed by atoms with Crippen LogP contribution in [0.5, 0.6) is 0 Å². The van der Waals surface area contributed by atoms with Gasteiger partial charge in [0.1, 0.15) is 0 Å². The van der Waals surface area contributed by atoms with E-state index < -0.39 is 0 Å². The number of rotatable bonds is 5. The van der Waals surface area contributed by atoms with E-state index in [4.69, 9.17) is 0 Å². The van der Waals surface area contributed by atoms with Crippen molar-refractivity contribution < 1.29 is 0 Å². The minimum Gasteiger partial charge on any atom is -0.340 e. The van der Waals surface area contributed by atoms with Crippen LogP contribution in [-0.4, -0.2) is 29.6 Å². The van der Waals surface area contributed by atoms with Gasteiger partial charge in [0.25, 0.3) is 0 Å². The van der Waals surface area contributed by atoms with Crippen LogP contribution in [-0.2, 0) is 6.54 Å². The molecule has 3 rings (SSSR count). The van der Waals surface area contributed by atoms with Crippen molar-refractivity contribution in [2.75, 3.05) is 24.5 Å². The number of nitrogens with zero attached hydrogens (tertiary/aromatic N) is 3. The minimum absolute atomic E-state index is 0.680. The maximum Gasteiger partial charge on any atom is 0.225 e. The van der Waals surface area contributed by atoms with E-state index in [2.05, 4.69) is 34.0 Å². The number of nitrogens with one attached hydrogen (secondary N) is 1. The smallest absolute Gasteiger partial charge is 0.225 e. The summed E-state index contributed by atoms with van der Waals surface area (Å²) < 4.78 is 0. The molecule has 1 aliphatic carbocycles. The number of hydrogen-bond donors (Lipinski definition) is 1. The van der Waals surface area contributed by atoms with Gasteiger partial charge in [-0.3, -0.25) is 0 Å². The molecule has 20 heavy (non-hydrogen) atoms. The van der Waals surface area contributed by atoms with E-state index in [9.17, 15) is 0 Å². The first-order valence-corrected chi connectivity index (χ1v) is 7.99. The van der Waals surface area contributed by atoms with Crippen molar-refractivity contribution in [2.24, 2.45) is 17.8 Å². The van der Waals surface area contributed by atoms with E-state index in [0.717, 1.165) is 44.0 Å². The van der Waals surface area contributed by atoms with Gasteiger partial charge in [-0.1, -0.05) is 20.3 Å². The standard InChI is InChI=1S/C16H26N4/c1-12(2)6-17-7-13-8-18-16(19-9-13)20-10-14-4-3-5-15(14)11-20/h8-9,12,14-15,17H,3-7,10-11H2,1-2H3. The van der Waals surface area contributed by atoms with Crippen LogP contribution in [0, 0.1) is 17.8 Å². The van der Waals surface area contributed by atoms with E-state index in [-0.39, 0.29) is 0 Å². The summed E-state index contributed by atoms with van der Waals surface area (Å²) in [5, 5.41) is 3.43. The fourth-order valence-corrected chi connectivity index (χ4v) is 3.51. The Hall–Kier alpha value is -1.16. The Kier molecular flexibility index (Phi) is 4.20. The van der Waals surface area contributed by atoms with Crippen LogP contribution in [0.15, 0.2) is 12.4 Å². The molecule has 1 saturated heterocycles. The first-order chi connectivity index (χ1) is 9.72. The second kappa shape index (κ2) is 6.08. The van der Waals surface area contributed by atoms with E-state index >= 15 is 0 Å². The Labute approximate surface area is 122 Å². The van der Waals surface area contributed by atoms with Crippen LogP contribution < -0.4 is 10.2 Å². The van der Waals surface area contributed by atoms with Crippen LogP contribution in [0.2, 0.25) is 0 Å². The Morgan fingerprint density at radius 1 is 1.20 bits per heavy atom. The van der Waals surface area contributed by atoms with Gasteiger partial charge in [-0.05, 0) is 37.1 Å². The normalized spacial score (nSPS) is 25.4. The van der Waals surface area contributed by atoms with E-state index in [1.807, 2.05) is 12.4 Å². The molecule has 2 fully saturated rings. The third-order valence-corrected chi connectivity index (χ3v) is 4.58. The first kappa shape index (κ1) is 13.8. The van der Waals surface area contributed by atoms with Crippen molar-refractivity contribution in [2.45, 2.75) is 39.7 Å². The second-order valence-electron chi connectivity index (χ2n) is 6.77. The second-order valence-corrected chi connectivity index (χ2v) is 6.77. The van der Waals surface area contributed by atoms with E-state index in [0.29, 0.717) is 5.92 Å². The maximum atomic E-state index is 4.56. The van der Waals surface area contributed by atoms with E-state index in [1.54, 1.807) is 0 Å². The molecule has 0 aromatic carbocycles. The van der Waals surface area contributed by atoms with Gasteiger partial charge in [-0.25, -0.2) is 9.97 Å². The number of aromatic nitrogens is 2. The summed E-state index contributed by atoms with van der Waals surface area (Å²) in [5.74, 6) is 3.39. The number of hydrogen-bond acceptors (Lipinski definition) is 4. The summed E-state index contributed by atoms with van der Waals surface area (Å²) in [6.07, 6.45) is 8.18. The molecule has 1 aromatic rings. The Balaban J connectivity index is 1.54. The highest BCUT2D eigenvalue weighted by atomic mass is 15.3. The van der Waals surface area contributed by atoms with E-state index in [1.165, 1.54) is 24.8 Å². The zero-order chi connectivity index (χ0) is 13.9. The lowest BCUT2D eigenvalue weighted by Gasteiger charge is -2.17. The molecule has 4 heteroatoms. The fourth-order valence-electron chi connectivity index (χ4n) is 3.51. The summed E-state index contributed by atoms with van der Waals surface area (Å²) >= 11 is 0. The zero-order valence-corrected chi connectivity index (χ0v) is 12.7. The lowest BCUT2D eigenvalue weighted by atomic mass is 10.0. The summed E-state index contributed by atoms with van der Waals surface area (Å²) in [6, 6.07) is 0. The third-order valence-electron chi connectivity index (χ3n) is 4.58. The van der Waals surface area contributed by atoms with Gasteiger partial charge in [-0.15, -0.1) is 0 Å². The summed E-state index contributed by atoms with van der Waals surface area (Å²) in [4.78, 5) is 11.5. The molecule has 0 amide bonds. The molecule has 2 atom stereocenters. The van der Waals surface area contributed by atoms with Gasteiger partial charge in [0, 0.05) is 37.6 Å². The van der Waals surface area contributed by atoms with Crippen molar-refractivity contribution in [1.29, 1.82) is 0 Å². The average molecular weight is 274 g/mol. The molecule has 4 nitrogen and oxygen atoms in total. The molecule has 1 N–H and O–H groups in total. The van der Waals surface area contributed by atoms with Crippen molar-refractivity contribution >= 4 is 5.95 Å². The third kappa shape index (κ3) is 3.11. The minimum atomic E-state index is 0.680. The van der Waals surface area contributed by atoms with Crippen LogP contribution >= 0.6 is 0 Å². The molecular formula is C16H26N4. The molecule has 0 bridgehead atoms. The quantitative estimate of drug-likeness (QED) is 0.895. The molecule has 2 aliphatic rings. The predicted octanol–water partition coefficient (Wildman–Crippen LogP) is 2.46. The number of fused-ring (bicyclic) bond motifs is 1. The molecule has 0 radical (unpaired) electrons. The molecule has 0 spiro atoms. The highest BCUT2D eigenvalue weighted by molar-refractivity contribution is 5.32. The van der Waals surface area contributed by atoms with Gasteiger partial charge in [-0.2, -0.15) is 0 Å². The van der Waals surface area contributed by atoms with Crippen LogP contribution in [0.3, 0.4) is 0 Å². The van der Waals surface area contributed by atoms with Gasteiger partial charge in [0.05, 0.1) is 0 Å². The van der Waals surface area contributed by atoms with Crippen molar-refractivity contribution in [1.82, 2.24) is 15.3 Å². The fraction of sp³-hybridized carbons (Fsp3) is 0.750. The Bertz CT molecular complexity index is 417. The van der Waals surface area contributed by atoms with Gasteiger partial charge >= 0.3 is 0 Å². The van der Waals surface area contributed by atoms with Gasteiger partial charge < -0.3 is 10.2 Å². The topological polar surface area (TPSA) is 41.1 Å². The first-order valence-electron chi connectivity index (χ1n) is 7.99. The van der Waals surface area contributed by atoms with Crippen LogP contribution in [0.4, 0.5) is 5.95 Å². The molecule has 1 aliphatic heterocycles. The number of anilines is 1. The molecule has 110 valence electrons. The molecule has 1 saturated carbocycles. The average Bonchev–Trinajstić information content (AvgIpc) is 3.00. The Morgan fingerprint density at radius 3 is 2.45 bits per heavy atom. The molecule has 1 aromatic heterocycles. The van der Waals surface area contributed by atoms with Crippen LogP contribution in [0.1, 0.15) is 38.7 Å². The summed E-state index contributed by atoms with van der Waals surface area (Å²) in [7, 11) is 0.